The number of rotatable bonds is 10. The zero-order valence-corrected chi connectivity index (χ0v) is 42.2. The molecule has 0 amide bonds. The summed E-state index contributed by atoms with van der Waals surface area (Å²) in [5.74, 6) is 0.821. The van der Waals surface area contributed by atoms with Gasteiger partial charge in [-0.05, 0) is 18.2 Å². The molecule has 0 bridgehead atoms. The van der Waals surface area contributed by atoms with Gasteiger partial charge in [0.2, 0.25) is 0 Å². The first-order valence-corrected chi connectivity index (χ1v) is 27.2. The van der Waals surface area contributed by atoms with Gasteiger partial charge in [0.1, 0.15) is 0 Å². The SMILES string of the molecule is [Pt]=[c]1n(-c2[c-]c([Si](c3[c-]c4c(cc3)c3ccccc3n4-c3ccc(-c4ccccn4)cn3)(c3ccccc3)c3ccccc3)ccc2)c2ccccc2n1-c1c(-c2ccccc2)cccc1-c1ccccc1. The third kappa shape index (κ3) is 7.21. The summed E-state index contributed by atoms with van der Waals surface area (Å²) in [6.07, 6.45) is 3.75. The summed E-state index contributed by atoms with van der Waals surface area (Å²) >= 11 is 2.55. The minimum atomic E-state index is -3.23. The number of aromatic nitrogens is 5. The molecule has 0 saturated heterocycles. The molecule has 0 aliphatic carbocycles. The molecule has 7 heteroatoms. The summed E-state index contributed by atoms with van der Waals surface area (Å²) in [6.45, 7) is 0. The van der Waals surface area contributed by atoms with Gasteiger partial charge in [-0.15, -0.1) is 0 Å². The van der Waals surface area contributed by atoms with Crippen LogP contribution in [0.1, 0.15) is 0 Å². The van der Waals surface area contributed by atoms with Crippen molar-refractivity contribution in [1.29, 1.82) is 0 Å². The van der Waals surface area contributed by atoms with Crippen molar-refractivity contribution < 1.29 is 19.4 Å². The molecule has 72 heavy (non-hydrogen) atoms. The first-order valence-electron chi connectivity index (χ1n) is 24.1. The minimum absolute atomic E-state index is 0.821. The van der Waals surface area contributed by atoms with E-state index in [1.807, 2.05) is 30.6 Å². The number of hydrogen-bond donors (Lipinski definition) is 0. The van der Waals surface area contributed by atoms with E-state index in [-0.39, 0.29) is 0 Å². The number of nitrogens with zero attached hydrogens (tertiary/aromatic N) is 5. The Hall–Kier alpha value is -8.54. The quantitative estimate of drug-likeness (QED) is 0.0778. The van der Waals surface area contributed by atoms with Crippen molar-refractivity contribution in [2.24, 2.45) is 0 Å². The summed E-state index contributed by atoms with van der Waals surface area (Å²) < 4.78 is 8.14. The molecule has 13 rings (SSSR count). The third-order valence-electron chi connectivity index (χ3n) is 13.9. The van der Waals surface area contributed by atoms with Gasteiger partial charge in [0.15, 0.2) is 0 Å². The Bertz CT molecular complexity index is 4050. The predicted octanol–water partition coefficient (Wildman–Crippen LogP) is 12.4. The van der Waals surface area contributed by atoms with Crippen LogP contribution in [0.15, 0.2) is 261 Å². The van der Waals surface area contributed by atoms with E-state index in [0.29, 0.717) is 0 Å². The van der Waals surface area contributed by atoms with E-state index >= 15 is 0 Å². The Morgan fingerprint density at radius 3 is 1.58 bits per heavy atom. The number of pyridine rings is 2. The Balaban J connectivity index is 1.06. The van der Waals surface area contributed by atoms with Crippen LogP contribution in [0, 0.1) is 15.9 Å². The van der Waals surface area contributed by atoms with Crippen molar-refractivity contribution in [2.45, 2.75) is 0 Å². The average molecular weight is 1120 g/mol. The van der Waals surface area contributed by atoms with E-state index in [1.54, 1.807) is 0 Å². The van der Waals surface area contributed by atoms with Crippen molar-refractivity contribution in [3.63, 3.8) is 0 Å². The van der Waals surface area contributed by atoms with E-state index in [2.05, 4.69) is 281 Å². The summed E-state index contributed by atoms with van der Waals surface area (Å²) in [5, 5.41) is 7.01. The van der Waals surface area contributed by atoms with E-state index < -0.39 is 8.07 Å². The molecule has 0 aliphatic rings. The Morgan fingerprint density at radius 2 is 0.958 bits per heavy atom. The zero-order valence-electron chi connectivity index (χ0n) is 38.9. The second-order valence-corrected chi connectivity index (χ2v) is 22.6. The Kier molecular flexibility index (Phi) is 11.1. The van der Waals surface area contributed by atoms with Crippen molar-refractivity contribution >= 4 is 61.7 Å². The molecule has 0 spiro atoms. The Labute approximate surface area is 429 Å². The van der Waals surface area contributed by atoms with Gasteiger partial charge in [-0.25, -0.2) is 0 Å². The van der Waals surface area contributed by atoms with Gasteiger partial charge in [0.25, 0.3) is 0 Å². The van der Waals surface area contributed by atoms with E-state index in [1.165, 1.54) is 10.4 Å². The maximum absolute atomic E-state index is 5.11. The van der Waals surface area contributed by atoms with Crippen molar-refractivity contribution in [1.82, 2.24) is 23.7 Å². The number of para-hydroxylation sites is 4. The zero-order chi connectivity index (χ0) is 48.0. The van der Waals surface area contributed by atoms with Crippen molar-refractivity contribution in [3.05, 3.63) is 277 Å². The maximum atomic E-state index is 5.11. The van der Waals surface area contributed by atoms with Crippen LogP contribution in [0.5, 0.6) is 0 Å². The predicted molar refractivity (Wildman–Crippen MR) is 293 cm³/mol. The van der Waals surface area contributed by atoms with Crippen LogP contribution in [0.4, 0.5) is 0 Å². The molecule has 4 heterocycles. The second-order valence-electron chi connectivity index (χ2n) is 17.9. The summed E-state index contributed by atoms with van der Waals surface area (Å²) in [6, 6.07) is 97.6. The molecule has 9 aromatic carbocycles. The average Bonchev–Trinajstić information content (AvgIpc) is 3.95. The topological polar surface area (TPSA) is 40.6 Å². The van der Waals surface area contributed by atoms with Crippen LogP contribution in [0.2, 0.25) is 0 Å². The van der Waals surface area contributed by atoms with E-state index in [9.17, 15) is 0 Å². The van der Waals surface area contributed by atoms with Gasteiger partial charge in [-0.2, -0.15) is 0 Å². The molecule has 0 aliphatic heterocycles. The van der Waals surface area contributed by atoms with Gasteiger partial charge in [0.05, 0.1) is 5.69 Å². The fourth-order valence-corrected chi connectivity index (χ4v) is 16.3. The van der Waals surface area contributed by atoms with E-state index in [0.717, 1.165) is 97.7 Å². The molecule has 5 nitrogen and oxygen atoms in total. The Morgan fingerprint density at radius 1 is 0.389 bits per heavy atom. The van der Waals surface area contributed by atoms with Crippen molar-refractivity contribution in [2.75, 3.05) is 0 Å². The van der Waals surface area contributed by atoms with Gasteiger partial charge >= 0.3 is 367 Å². The molecule has 4 aromatic heterocycles. The third-order valence-corrected chi connectivity index (χ3v) is 19.5. The van der Waals surface area contributed by atoms with Gasteiger partial charge in [0, 0.05) is 18.0 Å². The molecule has 0 fully saturated rings. The molecule has 13 aromatic rings. The molecular formula is C65H43N5PtSi-2. The fraction of sp³-hybridized carbons (Fsp3) is 0. The molecular weight excluding hydrogens is 1070 g/mol. The fourth-order valence-electron chi connectivity index (χ4n) is 10.7. The number of fused-ring (bicyclic) bond motifs is 4. The first kappa shape index (κ1) is 43.5. The standard InChI is InChI=1S/C65H43N5Si.Pt/c1-5-21-47(22-6-1)55-32-20-33-56(48-23-7-2-8-24-48)65(55)69-46-68(61-36-15-16-37-62(61)69)50-25-19-30-53(43-50)71(51-26-9-3-10-27-51,52-28-11-4-12-29-52)54-39-40-58-57-31-13-14-35-60(57)70(63(58)44-54)64-41-38-49(45-67-64)59-34-17-18-42-66-59;/h1-42,45H;/q-2;. The number of imidazole rings is 1. The summed E-state index contributed by atoms with van der Waals surface area (Å²) in [7, 11) is -3.23. The van der Waals surface area contributed by atoms with Gasteiger partial charge in [-0.1, -0.05) is 18.2 Å². The van der Waals surface area contributed by atoms with Crippen molar-refractivity contribution in [3.8, 4) is 50.7 Å². The number of benzene rings is 9. The van der Waals surface area contributed by atoms with Crippen LogP contribution >= 0.6 is 0 Å². The molecule has 0 saturated carbocycles. The van der Waals surface area contributed by atoms with Crippen LogP contribution in [-0.4, -0.2) is 31.7 Å². The summed E-state index contributed by atoms with van der Waals surface area (Å²) in [5.41, 5.74) is 12.8. The van der Waals surface area contributed by atoms with Gasteiger partial charge < -0.3 is 0 Å². The van der Waals surface area contributed by atoms with Crippen LogP contribution in [-0.2, 0) is 19.4 Å². The molecule has 0 atom stereocenters. The van der Waals surface area contributed by atoms with Crippen LogP contribution in [0.25, 0.3) is 83.5 Å². The molecule has 344 valence electrons. The second kappa shape index (κ2) is 18.3. The van der Waals surface area contributed by atoms with E-state index in [4.69, 9.17) is 4.98 Å². The monoisotopic (exact) mass is 1120 g/mol. The van der Waals surface area contributed by atoms with Crippen LogP contribution < -0.4 is 20.7 Å². The van der Waals surface area contributed by atoms with Gasteiger partial charge in [-0.3, -0.25) is 4.98 Å². The normalized spacial score (nSPS) is 11.7. The van der Waals surface area contributed by atoms with Crippen LogP contribution in [0.3, 0.4) is 0 Å². The number of hydrogen-bond acceptors (Lipinski definition) is 2. The molecule has 0 unspecified atom stereocenters. The summed E-state index contributed by atoms with van der Waals surface area (Å²) in [4.78, 5) is 9.72. The molecule has 0 radical (unpaired) electrons. The first-order chi connectivity index (χ1) is 35.7. The molecule has 0 N–H and O–H groups in total.